The normalized spacial score (nSPS) is 13.1. The van der Waals surface area contributed by atoms with Crippen molar-refractivity contribution in [1.29, 1.82) is 0 Å². The van der Waals surface area contributed by atoms with Crippen LogP contribution in [0.15, 0.2) is 11.4 Å². The Kier molecular flexibility index (Phi) is 8.46. The molecule has 0 aliphatic heterocycles. The molecule has 0 aromatic carbocycles. The van der Waals surface area contributed by atoms with Crippen molar-refractivity contribution < 1.29 is 23.9 Å². The predicted molar refractivity (Wildman–Crippen MR) is 123 cm³/mol. The number of hydrogen-bond acceptors (Lipinski definition) is 10. The number of carbonyl (C=O) groups is 3. The van der Waals surface area contributed by atoms with E-state index >= 15 is 0 Å². The third-order valence-electron chi connectivity index (χ3n) is 4.78. The summed E-state index contributed by atoms with van der Waals surface area (Å²) >= 11 is 2.53. The molecule has 0 saturated heterocycles. The van der Waals surface area contributed by atoms with Gasteiger partial charge in [0.15, 0.2) is 5.16 Å². The summed E-state index contributed by atoms with van der Waals surface area (Å²) < 4.78 is 10.1. The molecule has 9 nitrogen and oxygen atoms in total. The zero-order valence-corrected chi connectivity index (χ0v) is 19.7. The molecule has 1 aliphatic rings. The molecule has 0 bridgehead atoms. The summed E-state index contributed by atoms with van der Waals surface area (Å²) in [6.45, 7) is 3.94. The number of nitrogens with zero attached hydrogens (tertiary/aromatic N) is 2. The lowest BCUT2D eigenvalue weighted by Crippen LogP contribution is -2.17. The van der Waals surface area contributed by atoms with Gasteiger partial charge in [-0.25, -0.2) is 19.6 Å². The number of carbonyl (C=O) groups excluding carboxylic acids is 3. The highest BCUT2D eigenvalue weighted by Crippen LogP contribution is 2.38. The Bertz CT molecular complexity index is 1010. The summed E-state index contributed by atoms with van der Waals surface area (Å²) in [6.07, 6.45) is 6.21. The molecule has 0 spiro atoms. The van der Waals surface area contributed by atoms with Gasteiger partial charge in [-0.3, -0.25) is 4.79 Å². The lowest BCUT2D eigenvalue weighted by molar-refractivity contribution is -0.113. The summed E-state index contributed by atoms with van der Waals surface area (Å²) in [7, 11) is 0. The first-order valence-corrected chi connectivity index (χ1v) is 12.3. The van der Waals surface area contributed by atoms with Crippen LogP contribution < -0.4 is 11.1 Å². The lowest BCUT2D eigenvalue weighted by atomic mass is 10.1. The van der Waals surface area contributed by atoms with Crippen LogP contribution in [-0.4, -0.2) is 46.8 Å². The van der Waals surface area contributed by atoms with Crippen LogP contribution in [0.4, 0.5) is 10.8 Å². The second kappa shape index (κ2) is 11.3. The molecule has 0 atom stereocenters. The molecule has 172 valence electrons. The molecule has 2 heterocycles. The van der Waals surface area contributed by atoms with Gasteiger partial charge in [-0.2, -0.15) is 0 Å². The van der Waals surface area contributed by atoms with Crippen molar-refractivity contribution in [1.82, 2.24) is 9.97 Å². The minimum Gasteiger partial charge on any atom is -0.462 e. The van der Waals surface area contributed by atoms with Crippen molar-refractivity contribution in [3.63, 3.8) is 0 Å². The zero-order chi connectivity index (χ0) is 23.1. The molecule has 2 aromatic rings. The average molecular weight is 479 g/mol. The molecule has 0 saturated carbocycles. The number of anilines is 2. The summed E-state index contributed by atoms with van der Waals surface area (Å²) in [5.74, 6) is -1.28. The van der Waals surface area contributed by atoms with Crippen molar-refractivity contribution in [2.45, 2.75) is 51.1 Å². The van der Waals surface area contributed by atoms with E-state index in [0.717, 1.165) is 54.3 Å². The first-order chi connectivity index (χ1) is 15.4. The number of amides is 1. The van der Waals surface area contributed by atoms with Gasteiger partial charge in [0, 0.05) is 11.1 Å². The van der Waals surface area contributed by atoms with Crippen LogP contribution in [0.25, 0.3) is 0 Å². The van der Waals surface area contributed by atoms with E-state index in [4.69, 9.17) is 15.2 Å². The van der Waals surface area contributed by atoms with Gasteiger partial charge in [0.25, 0.3) is 0 Å². The Hall–Kier alpha value is -2.66. The van der Waals surface area contributed by atoms with Crippen molar-refractivity contribution in [2.24, 2.45) is 0 Å². The summed E-state index contributed by atoms with van der Waals surface area (Å²) in [6, 6.07) is 0. The predicted octanol–water partition coefficient (Wildman–Crippen LogP) is 3.47. The van der Waals surface area contributed by atoms with E-state index in [-0.39, 0.29) is 41.4 Å². The number of thiophene rings is 1. The second-order valence-electron chi connectivity index (χ2n) is 7.00. The lowest BCUT2D eigenvalue weighted by Gasteiger charge is -2.09. The molecule has 3 N–H and O–H groups in total. The maximum absolute atomic E-state index is 12.6. The van der Waals surface area contributed by atoms with Crippen molar-refractivity contribution in [2.75, 3.05) is 30.0 Å². The number of ether oxygens (including phenoxy) is 2. The standard InChI is InChI=1S/C21H26N4O5S2/c1-3-29-19(27)13-10-23-21(25-17(13)22)31-11-15(26)24-18-16(20(28)30-4-2)12-8-6-5-7-9-14(12)32-18/h10H,3-9,11H2,1-2H3,(H,24,26)(H2,22,23,25). The van der Waals surface area contributed by atoms with E-state index in [0.29, 0.717) is 10.6 Å². The van der Waals surface area contributed by atoms with Gasteiger partial charge < -0.3 is 20.5 Å². The van der Waals surface area contributed by atoms with Crippen LogP contribution in [0.3, 0.4) is 0 Å². The minimum absolute atomic E-state index is 0.00653. The van der Waals surface area contributed by atoms with Gasteiger partial charge in [0.1, 0.15) is 16.4 Å². The SMILES string of the molecule is CCOC(=O)c1cnc(SCC(=O)Nc2sc3c(c2C(=O)OCC)CCCCC3)nc1N. The smallest absolute Gasteiger partial charge is 0.343 e. The van der Waals surface area contributed by atoms with Crippen LogP contribution in [-0.2, 0) is 27.1 Å². The number of nitrogen functional groups attached to an aromatic ring is 1. The van der Waals surface area contributed by atoms with Gasteiger partial charge in [0.2, 0.25) is 5.91 Å². The van der Waals surface area contributed by atoms with Crippen LogP contribution >= 0.6 is 23.1 Å². The van der Waals surface area contributed by atoms with E-state index < -0.39 is 11.9 Å². The van der Waals surface area contributed by atoms with Crippen LogP contribution in [0.5, 0.6) is 0 Å². The summed E-state index contributed by atoms with van der Waals surface area (Å²) in [5.41, 5.74) is 7.38. The largest absolute Gasteiger partial charge is 0.462 e. The van der Waals surface area contributed by atoms with E-state index in [1.54, 1.807) is 13.8 Å². The molecule has 3 rings (SSSR count). The topological polar surface area (TPSA) is 134 Å². The summed E-state index contributed by atoms with van der Waals surface area (Å²) in [5, 5.41) is 3.64. The maximum atomic E-state index is 12.6. The van der Waals surface area contributed by atoms with Crippen molar-refractivity contribution in [3.05, 3.63) is 27.8 Å². The Morgan fingerprint density at radius 1 is 1.12 bits per heavy atom. The number of nitrogens with one attached hydrogen (secondary N) is 1. The molecule has 1 amide bonds. The molecule has 11 heteroatoms. The number of hydrogen-bond donors (Lipinski definition) is 2. The Labute approximate surface area is 194 Å². The minimum atomic E-state index is -0.594. The molecule has 0 radical (unpaired) electrons. The van der Waals surface area contributed by atoms with Gasteiger partial charge in [-0.1, -0.05) is 18.2 Å². The van der Waals surface area contributed by atoms with Gasteiger partial charge in [0.05, 0.1) is 24.5 Å². The molecule has 2 aromatic heterocycles. The third-order valence-corrected chi connectivity index (χ3v) is 6.85. The first kappa shape index (κ1) is 24.0. The summed E-state index contributed by atoms with van der Waals surface area (Å²) in [4.78, 5) is 46.3. The fourth-order valence-electron chi connectivity index (χ4n) is 3.36. The molecular weight excluding hydrogens is 452 g/mol. The van der Waals surface area contributed by atoms with E-state index in [2.05, 4.69) is 15.3 Å². The van der Waals surface area contributed by atoms with Gasteiger partial charge >= 0.3 is 11.9 Å². The maximum Gasteiger partial charge on any atom is 0.343 e. The number of fused-ring (bicyclic) bond motifs is 1. The number of nitrogens with two attached hydrogens (primary N) is 1. The van der Waals surface area contributed by atoms with E-state index in [9.17, 15) is 14.4 Å². The number of aryl methyl sites for hydroxylation is 1. The fourth-order valence-corrected chi connectivity index (χ4v) is 5.27. The molecule has 0 unspecified atom stereocenters. The quantitative estimate of drug-likeness (QED) is 0.253. The monoisotopic (exact) mass is 478 g/mol. The highest BCUT2D eigenvalue weighted by Gasteiger charge is 2.26. The number of aromatic nitrogens is 2. The van der Waals surface area contributed by atoms with Gasteiger partial charge in [-0.05, 0) is 45.1 Å². The van der Waals surface area contributed by atoms with Crippen LogP contribution in [0.1, 0.15) is 64.3 Å². The highest BCUT2D eigenvalue weighted by molar-refractivity contribution is 7.99. The molecule has 1 aliphatic carbocycles. The van der Waals surface area contributed by atoms with Crippen molar-refractivity contribution in [3.8, 4) is 0 Å². The van der Waals surface area contributed by atoms with Crippen LogP contribution in [0.2, 0.25) is 0 Å². The van der Waals surface area contributed by atoms with Gasteiger partial charge in [-0.15, -0.1) is 11.3 Å². The highest BCUT2D eigenvalue weighted by atomic mass is 32.2. The fraction of sp³-hybridized carbons (Fsp3) is 0.476. The molecular formula is C21H26N4O5S2. The average Bonchev–Trinajstić information content (AvgIpc) is 2.93. The number of rotatable bonds is 8. The number of esters is 2. The Balaban J connectivity index is 1.69. The van der Waals surface area contributed by atoms with E-state index in [1.165, 1.54) is 17.5 Å². The van der Waals surface area contributed by atoms with Crippen molar-refractivity contribution >= 4 is 51.8 Å². The van der Waals surface area contributed by atoms with E-state index in [1.807, 2.05) is 0 Å². The molecule has 32 heavy (non-hydrogen) atoms. The Morgan fingerprint density at radius 2 is 1.84 bits per heavy atom. The van der Waals surface area contributed by atoms with Crippen LogP contribution in [0, 0.1) is 0 Å². The Morgan fingerprint density at radius 3 is 2.56 bits per heavy atom. The third kappa shape index (κ3) is 5.77. The zero-order valence-electron chi connectivity index (χ0n) is 18.1. The second-order valence-corrected chi connectivity index (χ2v) is 9.05. The first-order valence-electron chi connectivity index (χ1n) is 10.5. The number of thioether (sulfide) groups is 1. The molecule has 0 fully saturated rings.